The number of nitrogens with zero attached hydrogens (tertiary/aromatic N) is 2. The maximum Gasteiger partial charge on any atom is 0.230 e. The molecule has 0 N–H and O–H groups in total. The maximum atomic E-state index is 6.03. The lowest BCUT2D eigenvalue weighted by Crippen LogP contribution is -2.32. The zero-order valence-corrected chi connectivity index (χ0v) is 17.7. The summed E-state index contributed by atoms with van der Waals surface area (Å²) < 4.78 is 22.9. The summed E-state index contributed by atoms with van der Waals surface area (Å²) in [6.45, 7) is 9.77. The standard InChI is InChI=1S/C22H32N2O4/c1-6-11-24(13-17-8-7-12-27-17)14-19-16(3)28-22(23-19)18-9-10-20(25-4)15(2)21(18)26-5/h9-10,17H,6-8,11-14H2,1-5H3/t17-/m1/s1. The molecule has 1 atom stereocenters. The smallest absolute Gasteiger partial charge is 0.230 e. The first-order valence-corrected chi connectivity index (χ1v) is 10.1. The first-order valence-electron chi connectivity index (χ1n) is 10.1. The second-order valence-electron chi connectivity index (χ2n) is 7.37. The van der Waals surface area contributed by atoms with Crippen molar-refractivity contribution in [3.63, 3.8) is 0 Å². The third kappa shape index (κ3) is 4.50. The molecule has 0 saturated carbocycles. The third-order valence-electron chi connectivity index (χ3n) is 5.30. The third-order valence-corrected chi connectivity index (χ3v) is 5.30. The number of rotatable bonds is 9. The molecular weight excluding hydrogens is 356 g/mol. The zero-order chi connectivity index (χ0) is 20.1. The van der Waals surface area contributed by atoms with Gasteiger partial charge in [0.15, 0.2) is 0 Å². The second-order valence-corrected chi connectivity index (χ2v) is 7.37. The van der Waals surface area contributed by atoms with Crippen LogP contribution in [0.2, 0.25) is 0 Å². The fraction of sp³-hybridized carbons (Fsp3) is 0.591. The summed E-state index contributed by atoms with van der Waals surface area (Å²) in [5.74, 6) is 2.95. The fourth-order valence-corrected chi connectivity index (χ4v) is 3.86. The van der Waals surface area contributed by atoms with Crippen LogP contribution in [0.25, 0.3) is 11.5 Å². The van der Waals surface area contributed by atoms with Gasteiger partial charge in [0, 0.05) is 25.3 Å². The Bertz CT molecular complexity index is 781. The molecule has 2 aromatic rings. The Morgan fingerprint density at radius 3 is 2.68 bits per heavy atom. The van der Waals surface area contributed by atoms with E-state index in [0.717, 1.165) is 79.6 Å². The van der Waals surface area contributed by atoms with Crippen LogP contribution in [-0.2, 0) is 11.3 Å². The summed E-state index contributed by atoms with van der Waals surface area (Å²) >= 11 is 0. The largest absolute Gasteiger partial charge is 0.496 e. The number of oxazole rings is 1. The predicted octanol–water partition coefficient (Wildman–Crippen LogP) is 4.37. The van der Waals surface area contributed by atoms with Crippen molar-refractivity contribution in [2.24, 2.45) is 0 Å². The molecule has 1 aliphatic heterocycles. The summed E-state index contributed by atoms with van der Waals surface area (Å²) in [5.41, 5.74) is 2.75. The van der Waals surface area contributed by atoms with E-state index in [1.165, 1.54) is 0 Å². The van der Waals surface area contributed by atoms with Crippen LogP contribution in [0.4, 0.5) is 0 Å². The van der Waals surface area contributed by atoms with Gasteiger partial charge < -0.3 is 18.6 Å². The summed E-state index contributed by atoms with van der Waals surface area (Å²) in [5, 5.41) is 0. The lowest BCUT2D eigenvalue weighted by molar-refractivity contribution is 0.0701. The molecule has 0 unspecified atom stereocenters. The SMILES string of the molecule is CCCN(Cc1nc(-c2ccc(OC)c(C)c2OC)oc1C)C[C@H]1CCCO1. The summed E-state index contributed by atoms with van der Waals surface area (Å²) in [6.07, 6.45) is 3.74. The molecule has 1 aliphatic rings. The molecular formula is C22H32N2O4. The van der Waals surface area contributed by atoms with Crippen LogP contribution in [0.3, 0.4) is 0 Å². The Hall–Kier alpha value is -2.05. The van der Waals surface area contributed by atoms with Crippen LogP contribution in [-0.4, -0.2) is 49.9 Å². The first kappa shape index (κ1) is 20.7. The van der Waals surface area contributed by atoms with Crippen LogP contribution < -0.4 is 9.47 Å². The van der Waals surface area contributed by atoms with E-state index in [1.807, 2.05) is 26.0 Å². The molecule has 0 bridgehead atoms. The number of hydrogen-bond acceptors (Lipinski definition) is 6. The van der Waals surface area contributed by atoms with E-state index >= 15 is 0 Å². The lowest BCUT2D eigenvalue weighted by Gasteiger charge is -2.23. The molecule has 6 heteroatoms. The van der Waals surface area contributed by atoms with Gasteiger partial charge in [-0.25, -0.2) is 4.98 Å². The highest BCUT2D eigenvalue weighted by molar-refractivity contribution is 5.68. The van der Waals surface area contributed by atoms with E-state index in [9.17, 15) is 0 Å². The Morgan fingerprint density at radius 1 is 1.21 bits per heavy atom. The number of ether oxygens (including phenoxy) is 3. The van der Waals surface area contributed by atoms with Crippen LogP contribution in [0, 0.1) is 13.8 Å². The highest BCUT2D eigenvalue weighted by Crippen LogP contribution is 2.38. The molecule has 2 heterocycles. The molecule has 0 spiro atoms. The summed E-state index contributed by atoms with van der Waals surface area (Å²) in [7, 11) is 3.32. The van der Waals surface area contributed by atoms with Crippen molar-refractivity contribution in [2.75, 3.05) is 33.9 Å². The number of hydrogen-bond donors (Lipinski definition) is 0. The molecule has 0 amide bonds. The number of methoxy groups -OCH3 is 2. The van der Waals surface area contributed by atoms with Crippen molar-refractivity contribution in [2.45, 2.75) is 52.7 Å². The normalized spacial score (nSPS) is 16.7. The lowest BCUT2D eigenvalue weighted by atomic mass is 10.1. The van der Waals surface area contributed by atoms with Crippen molar-refractivity contribution in [1.29, 1.82) is 0 Å². The van der Waals surface area contributed by atoms with Crippen molar-refractivity contribution in [3.05, 3.63) is 29.2 Å². The molecule has 1 fully saturated rings. The average Bonchev–Trinajstić information content (AvgIpc) is 3.31. The van der Waals surface area contributed by atoms with Crippen LogP contribution >= 0.6 is 0 Å². The monoisotopic (exact) mass is 388 g/mol. The molecule has 1 aromatic heterocycles. The minimum absolute atomic E-state index is 0.336. The van der Waals surface area contributed by atoms with Gasteiger partial charge in [0.2, 0.25) is 5.89 Å². The van der Waals surface area contributed by atoms with Crippen LogP contribution in [0.1, 0.15) is 43.2 Å². The van der Waals surface area contributed by atoms with E-state index in [1.54, 1.807) is 14.2 Å². The molecule has 6 nitrogen and oxygen atoms in total. The zero-order valence-electron chi connectivity index (χ0n) is 17.7. The maximum absolute atomic E-state index is 6.03. The van der Waals surface area contributed by atoms with E-state index < -0.39 is 0 Å². The van der Waals surface area contributed by atoms with Crippen LogP contribution in [0.5, 0.6) is 11.5 Å². The van der Waals surface area contributed by atoms with Gasteiger partial charge in [0.05, 0.1) is 31.6 Å². The Kier molecular flexibility index (Phi) is 6.97. The molecule has 1 aromatic carbocycles. The molecule has 1 saturated heterocycles. The van der Waals surface area contributed by atoms with Crippen molar-refractivity contribution in [1.82, 2.24) is 9.88 Å². The van der Waals surface area contributed by atoms with Gasteiger partial charge in [-0.1, -0.05) is 6.92 Å². The minimum Gasteiger partial charge on any atom is -0.496 e. The first-order chi connectivity index (χ1) is 13.6. The van der Waals surface area contributed by atoms with Gasteiger partial charge in [-0.2, -0.15) is 0 Å². The van der Waals surface area contributed by atoms with Crippen LogP contribution in [0.15, 0.2) is 16.5 Å². The van der Waals surface area contributed by atoms with Gasteiger partial charge in [-0.05, 0) is 51.8 Å². The number of benzene rings is 1. The number of aryl methyl sites for hydroxylation is 1. The van der Waals surface area contributed by atoms with E-state index in [4.69, 9.17) is 23.6 Å². The highest BCUT2D eigenvalue weighted by atomic mass is 16.5. The Labute approximate surface area is 167 Å². The Balaban J connectivity index is 1.83. The summed E-state index contributed by atoms with van der Waals surface area (Å²) in [6, 6.07) is 3.86. The highest BCUT2D eigenvalue weighted by Gasteiger charge is 2.22. The van der Waals surface area contributed by atoms with Gasteiger partial charge in [-0.3, -0.25) is 4.90 Å². The summed E-state index contributed by atoms with van der Waals surface area (Å²) in [4.78, 5) is 7.23. The van der Waals surface area contributed by atoms with Gasteiger partial charge >= 0.3 is 0 Å². The molecule has 0 radical (unpaired) electrons. The Morgan fingerprint density at radius 2 is 2.04 bits per heavy atom. The van der Waals surface area contributed by atoms with E-state index in [-0.39, 0.29) is 0 Å². The molecule has 154 valence electrons. The topological polar surface area (TPSA) is 57.0 Å². The molecule has 28 heavy (non-hydrogen) atoms. The van der Waals surface area contributed by atoms with E-state index in [2.05, 4.69) is 11.8 Å². The van der Waals surface area contributed by atoms with Gasteiger partial charge in [0.1, 0.15) is 17.3 Å². The van der Waals surface area contributed by atoms with Gasteiger partial charge in [0.25, 0.3) is 0 Å². The van der Waals surface area contributed by atoms with Gasteiger partial charge in [-0.15, -0.1) is 0 Å². The second kappa shape index (κ2) is 9.43. The van der Waals surface area contributed by atoms with Crippen molar-refractivity contribution in [3.8, 4) is 23.0 Å². The van der Waals surface area contributed by atoms with E-state index in [0.29, 0.717) is 12.0 Å². The quantitative estimate of drug-likeness (QED) is 0.636. The van der Waals surface area contributed by atoms with Crippen molar-refractivity contribution < 1.29 is 18.6 Å². The average molecular weight is 389 g/mol. The van der Waals surface area contributed by atoms with Crippen molar-refractivity contribution >= 4 is 0 Å². The molecule has 0 aliphatic carbocycles. The minimum atomic E-state index is 0.336. The predicted molar refractivity (Wildman–Crippen MR) is 109 cm³/mol. The number of aromatic nitrogens is 1. The molecule has 3 rings (SSSR count). The fourth-order valence-electron chi connectivity index (χ4n) is 3.86.